The standard InChI is InChI=1S/C14H21ClN2O5S/c1-2-6-17-23(20,21)11-4-5-13(12(15)9-11)22-10-14(19)16-7-3-8-18/h4-5,9,17-18H,2-3,6-8,10H2,1H3,(H,16,19). The highest BCUT2D eigenvalue weighted by Crippen LogP contribution is 2.27. The van der Waals surface area contributed by atoms with Crippen LogP contribution in [0.3, 0.4) is 0 Å². The Labute approximate surface area is 141 Å². The monoisotopic (exact) mass is 364 g/mol. The fraction of sp³-hybridized carbons (Fsp3) is 0.500. The van der Waals surface area contributed by atoms with Crippen molar-refractivity contribution in [1.82, 2.24) is 10.0 Å². The molecule has 0 spiro atoms. The summed E-state index contributed by atoms with van der Waals surface area (Å²) < 4.78 is 31.6. The highest BCUT2D eigenvalue weighted by molar-refractivity contribution is 7.89. The van der Waals surface area contributed by atoms with Crippen molar-refractivity contribution in [2.45, 2.75) is 24.7 Å². The second kappa shape index (κ2) is 9.71. The summed E-state index contributed by atoms with van der Waals surface area (Å²) in [7, 11) is -3.60. The number of amides is 1. The fourth-order valence-corrected chi connectivity index (χ4v) is 3.05. The minimum atomic E-state index is -3.60. The third kappa shape index (κ3) is 6.74. The Kier molecular flexibility index (Phi) is 8.32. The lowest BCUT2D eigenvalue weighted by molar-refractivity contribution is -0.123. The van der Waals surface area contributed by atoms with Gasteiger partial charge in [0.2, 0.25) is 10.0 Å². The first-order valence-corrected chi connectivity index (χ1v) is 9.06. The van der Waals surface area contributed by atoms with Crippen molar-refractivity contribution in [2.24, 2.45) is 0 Å². The fourth-order valence-electron chi connectivity index (χ4n) is 1.59. The molecule has 0 aliphatic carbocycles. The molecule has 7 nitrogen and oxygen atoms in total. The molecule has 0 bridgehead atoms. The number of rotatable bonds is 10. The largest absolute Gasteiger partial charge is 0.482 e. The number of benzene rings is 1. The van der Waals surface area contributed by atoms with Gasteiger partial charge in [-0.15, -0.1) is 0 Å². The lowest BCUT2D eigenvalue weighted by Crippen LogP contribution is -2.30. The van der Waals surface area contributed by atoms with Gasteiger partial charge < -0.3 is 15.2 Å². The van der Waals surface area contributed by atoms with Crippen molar-refractivity contribution in [1.29, 1.82) is 0 Å². The number of ether oxygens (including phenoxy) is 1. The predicted molar refractivity (Wildman–Crippen MR) is 87.1 cm³/mol. The summed E-state index contributed by atoms with van der Waals surface area (Å²) in [4.78, 5) is 11.5. The summed E-state index contributed by atoms with van der Waals surface area (Å²) >= 11 is 6.00. The Morgan fingerprint density at radius 3 is 2.70 bits per heavy atom. The topological polar surface area (TPSA) is 105 Å². The van der Waals surface area contributed by atoms with Gasteiger partial charge in [0, 0.05) is 19.7 Å². The molecule has 1 aromatic rings. The van der Waals surface area contributed by atoms with Crippen LogP contribution in [0.4, 0.5) is 0 Å². The van der Waals surface area contributed by atoms with Crippen molar-refractivity contribution >= 4 is 27.5 Å². The van der Waals surface area contributed by atoms with E-state index in [1.54, 1.807) is 0 Å². The molecule has 0 heterocycles. The van der Waals surface area contributed by atoms with Crippen LogP contribution in [0.5, 0.6) is 5.75 Å². The maximum atomic E-state index is 12.0. The van der Waals surface area contributed by atoms with Crippen LogP contribution in [0.25, 0.3) is 0 Å². The van der Waals surface area contributed by atoms with Crippen LogP contribution in [0, 0.1) is 0 Å². The van der Waals surface area contributed by atoms with Gasteiger partial charge in [-0.1, -0.05) is 18.5 Å². The first-order valence-electron chi connectivity index (χ1n) is 7.20. The number of nitrogens with one attached hydrogen (secondary N) is 2. The first-order chi connectivity index (χ1) is 10.9. The number of carbonyl (C=O) groups excluding carboxylic acids is 1. The molecule has 0 radical (unpaired) electrons. The molecule has 0 unspecified atom stereocenters. The zero-order valence-corrected chi connectivity index (χ0v) is 14.4. The third-order valence-corrected chi connectivity index (χ3v) is 4.53. The number of hydrogen-bond donors (Lipinski definition) is 3. The highest BCUT2D eigenvalue weighted by Gasteiger charge is 2.15. The number of sulfonamides is 1. The van der Waals surface area contributed by atoms with Crippen LogP contribution in [0.1, 0.15) is 19.8 Å². The summed E-state index contributed by atoms with van der Waals surface area (Å²) in [5.74, 6) is -0.130. The average molecular weight is 365 g/mol. The van der Waals surface area contributed by atoms with Crippen LogP contribution in [-0.2, 0) is 14.8 Å². The molecule has 23 heavy (non-hydrogen) atoms. The van der Waals surface area contributed by atoms with Crippen molar-refractivity contribution < 1.29 is 23.1 Å². The van der Waals surface area contributed by atoms with E-state index in [9.17, 15) is 13.2 Å². The molecule has 0 atom stereocenters. The van der Waals surface area contributed by atoms with Gasteiger partial charge in [-0.2, -0.15) is 0 Å². The molecule has 0 aliphatic heterocycles. The number of hydrogen-bond acceptors (Lipinski definition) is 5. The SMILES string of the molecule is CCCNS(=O)(=O)c1ccc(OCC(=O)NCCCO)c(Cl)c1. The van der Waals surface area contributed by atoms with Crippen molar-refractivity contribution in [3.8, 4) is 5.75 Å². The van der Waals surface area contributed by atoms with Gasteiger partial charge >= 0.3 is 0 Å². The Morgan fingerprint density at radius 1 is 1.35 bits per heavy atom. The molecule has 3 N–H and O–H groups in total. The lowest BCUT2D eigenvalue weighted by atomic mass is 10.3. The molecule has 9 heteroatoms. The molecule has 0 fully saturated rings. The maximum Gasteiger partial charge on any atom is 0.257 e. The van der Waals surface area contributed by atoms with Crippen LogP contribution in [0.2, 0.25) is 5.02 Å². The molecule has 0 saturated carbocycles. The Balaban J connectivity index is 2.64. The average Bonchev–Trinajstić information content (AvgIpc) is 2.52. The smallest absolute Gasteiger partial charge is 0.257 e. The van der Waals surface area contributed by atoms with Gasteiger partial charge in [0.25, 0.3) is 5.91 Å². The lowest BCUT2D eigenvalue weighted by Gasteiger charge is -2.10. The van der Waals surface area contributed by atoms with E-state index in [-0.39, 0.29) is 34.8 Å². The predicted octanol–water partition coefficient (Wildman–Crippen LogP) is 0.906. The molecular weight excluding hydrogens is 344 g/mol. The van der Waals surface area contributed by atoms with Crippen LogP contribution < -0.4 is 14.8 Å². The third-order valence-electron chi connectivity index (χ3n) is 2.77. The van der Waals surface area contributed by atoms with E-state index >= 15 is 0 Å². The Morgan fingerprint density at radius 2 is 2.09 bits per heavy atom. The zero-order chi connectivity index (χ0) is 17.3. The second-order valence-electron chi connectivity index (χ2n) is 4.71. The van der Waals surface area contributed by atoms with Gasteiger partial charge in [-0.3, -0.25) is 4.79 Å². The molecule has 0 aliphatic rings. The van der Waals surface area contributed by atoms with Crippen molar-refractivity contribution in [3.63, 3.8) is 0 Å². The molecule has 0 saturated heterocycles. The normalized spacial score (nSPS) is 11.3. The van der Waals surface area contributed by atoms with Gasteiger partial charge in [0.1, 0.15) is 5.75 Å². The summed E-state index contributed by atoms with van der Waals surface area (Å²) in [6, 6.07) is 4.05. The van der Waals surface area contributed by atoms with E-state index in [1.165, 1.54) is 18.2 Å². The van der Waals surface area contributed by atoms with E-state index in [4.69, 9.17) is 21.4 Å². The van der Waals surface area contributed by atoms with Crippen LogP contribution in [-0.4, -0.2) is 45.7 Å². The summed E-state index contributed by atoms with van der Waals surface area (Å²) in [5.41, 5.74) is 0. The number of halogens is 1. The number of carbonyl (C=O) groups is 1. The van der Waals surface area contributed by atoms with Gasteiger partial charge in [0.15, 0.2) is 6.61 Å². The maximum absolute atomic E-state index is 12.0. The molecule has 1 aromatic carbocycles. The molecular formula is C14H21ClN2O5S. The van der Waals surface area contributed by atoms with Gasteiger partial charge in [-0.05, 0) is 31.0 Å². The van der Waals surface area contributed by atoms with Crippen molar-refractivity contribution in [2.75, 3.05) is 26.3 Å². The number of aliphatic hydroxyl groups is 1. The van der Waals surface area contributed by atoms with Gasteiger partial charge in [-0.25, -0.2) is 13.1 Å². The van der Waals surface area contributed by atoms with E-state index < -0.39 is 10.0 Å². The van der Waals surface area contributed by atoms with E-state index in [0.717, 1.165) is 0 Å². The second-order valence-corrected chi connectivity index (χ2v) is 6.88. The van der Waals surface area contributed by atoms with E-state index in [2.05, 4.69) is 10.0 Å². The highest BCUT2D eigenvalue weighted by atomic mass is 35.5. The summed E-state index contributed by atoms with van der Waals surface area (Å²) in [6.45, 7) is 2.30. The molecule has 1 amide bonds. The van der Waals surface area contributed by atoms with Crippen LogP contribution >= 0.6 is 11.6 Å². The van der Waals surface area contributed by atoms with E-state index in [0.29, 0.717) is 25.9 Å². The quantitative estimate of drug-likeness (QED) is 0.535. The minimum absolute atomic E-state index is 0.00499. The van der Waals surface area contributed by atoms with Crippen molar-refractivity contribution in [3.05, 3.63) is 23.2 Å². The summed E-state index contributed by atoms with van der Waals surface area (Å²) in [6.07, 6.45) is 1.14. The van der Waals surface area contributed by atoms with Gasteiger partial charge in [0.05, 0.1) is 9.92 Å². The molecule has 0 aromatic heterocycles. The zero-order valence-electron chi connectivity index (χ0n) is 12.8. The van der Waals surface area contributed by atoms with E-state index in [1.807, 2.05) is 6.92 Å². The number of aliphatic hydroxyl groups excluding tert-OH is 1. The first kappa shape index (κ1) is 19.7. The van der Waals surface area contributed by atoms with Crippen LogP contribution in [0.15, 0.2) is 23.1 Å². The summed E-state index contributed by atoms with van der Waals surface area (Å²) in [5, 5.41) is 11.3. The molecule has 130 valence electrons. The molecule has 1 rings (SSSR count). The minimum Gasteiger partial charge on any atom is -0.482 e. The Hall–Kier alpha value is -1.35. The Bertz CT molecular complexity index is 622.